The highest BCUT2D eigenvalue weighted by Gasteiger charge is 2.11. The number of nitrogens with zero attached hydrogens (tertiary/aromatic N) is 2. The fraction of sp³-hybridized carbons (Fsp3) is 0.444. The van der Waals surface area contributed by atoms with Crippen LogP contribution in [-0.2, 0) is 13.1 Å². The number of nitrogens with one attached hydrogen (secondary N) is 1. The van der Waals surface area contributed by atoms with E-state index in [4.69, 9.17) is 0 Å². The monoisotopic (exact) mass is 299 g/mol. The molecule has 0 amide bonds. The standard InChI is InChI=1S/C18H25N3O/c1-5-6-9-21-18(22)15(12-19-4)11-17(20-21)16-10-13(2)7-8-14(16)3/h7-8,10-11,19H,5-6,9,12H2,1-4H3. The van der Waals surface area contributed by atoms with E-state index < -0.39 is 0 Å². The minimum absolute atomic E-state index is 0.0110. The third-order valence-corrected chi connectivity index (χ3v) is 3.81. The average Bonchev–Trinajstić information content (AvgIpc) is 2.50. The number of unbranched alkanes of at least 4 members (excludes halogenated alkanes) is 1. The Balaban J connectivity index is 2.57. The molecular weight excluding hydrogens is 274 g/mol. The molecule has 4 heteroatoms. The molecule has 2 aromatic rings. The normalized spacial score (nSPS) is 10.9. The largest absolute Gasteiger partial charge is 0.315 e. The van der Waals surface area contributed by atoms with Gasteiger partial charge in [0.1, 0.15) is 0 Å². The molecule has 22 heavy (non-hydrogen) atoms. The number of rotatable bonds is 6. The van der Waals surface area contributed by atoms with E-state index in [0.717, 1.165) is 29.7 Å². The molecule has 0 radical (unpaired) electrons. The van der Waals surface area contributed by atoms with Gasteiger partial charge in [-0.15, -0.1) is 0 Å². The summed E-state index contributed by atoms with van der Waals surface area (Å²) >= 11 is 0. The van der Waals surface area contributed by atoms with Gasteiger partial charge in [-0.3, -0.25) is 4.79 Å². The smallest absolute Gasteiger partial charge is 0.271 e. The Hall–Kier alpha value is -1.94. The summed E-state index contributed by atoms with van der Waals surface area (Å²) in [6.45, 7) is 7.50. The van der Waals surface area contributed by atoms with Crippen LogP contribution in [0.1, 0.15) is 36.5 Å². The quantitative estimate of drug-likeness (QED) is 0.892. The number of aryl methyl sites for hydroxylation is 3. The van der Waals surface area contributed by atoms with Gasteiger partial charge in [0.05, 0.1) is 5.69 Å². The molecule has 0 spiro atoms. The molecule has 4 nitrogen and oxygen atoms in total. The predicted molar refractivity (Wildman–Crippen MR) is 91.1 cm³/mol. The highest BCUT2D eigenvalue weighted by atomic mass is 16.1. The van der Waals surface area contributed by atoms with Crippen molar-refractivity contribution in [2.75, 3.05) is 7.05 Å². The van der Waals surface area contributed by atoms with E-state index in [2.05, 4.69) is 49.4 Å². The lowest BCUT2D eigenvalue weighted by molar-refractivity contribution is 0.538. The van der Waals surface area contributed by atoms with Gasteiger partial charge in [0.15, 0.2) is 0 Å². The summed E-state index contributed by atoms with van der Waals surface area (Å²) in [5, 5.41) is 7.67. The van der Waals surface area contributed by atoms with Gasteiger partial charge in [-0.1, -0.05) is 31.0 Å². The summed E-state index contributed by atoms with van der Waals surface area (Å²) in [6, 6.07) is 8.25. The van der Waals surface area contributed by atoms with Crippen LogP contribution >= 0.6 is 0 Å². The molecule has 0 fully saturated rings. The van der Waals surface area contributed by atoms with Crippen molar-refractivity contribution in [2.24, 2.45) is 0 Å². The molecule has 1 aromatic heterocycles. The summed E-state index contributed by atoms with van der Waals surface area (Å²) in [4.78, 5) is 12.5. The topological polar surface area (TPSA) is 46.9 Å². The maximum absolute atomic E-state index is 12.5. The van der Waals surface area contributed by atoms with Crippen LogP contribution in [0.25, 0.3) is 11.3 Å². The van der Waals surface area contributed by atoms with E-state index in [1.807, 2.05) is 13.1 Å². The van der Waals surface area contributed by atoms with Crippen molar-refractivity contribution in [2.45, 2.75) is 46.7 Å². The van der Waals surface area contributed by atoms with E-state index in [9.17, 15) is 4.79 Å². The van der Waals surface area contributed by atoms with E-state index in [1.54, 1.807) is 4.68 Å². The van der Waals surface area contributed by atoms with Crippen molar-refractivity contribution >= 4 is 0 Å². The molecule has 0 unspecified atom stereocenters. The second-order valence-electron chi connectivity index (χ2n) is 5.79. The maximum Gasteiger partial charge on any atom is 0.271 e. The number of aromatic nitrogens is 2. The summed E-state index contributed by atoms with van der Waals surface area (Å²) in [5.41, 5.74) is 5.13. The first-order valence-electron chi connectivity index (χ1n) is 7.90. The zero-order valence-electron chi connectivity index (χ0n) is 13.9. The van der Waals surface area contributed by atoms with Gasteiger partial charge in [0.25, 0.3) is 5.56 Å². The summed E-state index contributed by atoms with van der Waals surface area (Å²) in [5.74, 6) is 0. The van der Waals surface area contributed by atoms with Crippen molar-refractivity contribution in [3.8, 4) is 11.3 Å². The molecular formula is C18H25N3O. The predicted octanol–water partition coefficient (Wildman–Crippen LogP) is 3.05. The van der Waals surface area contributed by atoms with E-state index >= 15 is 0 Å². The summed E-state index contributed by atoms with van der Waals surface area (Å²) in [6.07, 6.45) is 2.01. The Morgan fingerprint density at radius 2 is 2.00 bits per heavy atom. The molecule has 1 heterocycles. The number of hydrogen-bond donors (Lipinski definition) is 1. The van der Waals surface area contributed by atoms with Crippen LogP contribution < -0.4 is 10.9 Å². The molecule has 0 aliphatic heterocycles. The summed E-state index contributed by atoms with van der Waals surface area (Å²) < 4.78 is 1.62. The Morgan fingerprint density at radius 3 is 2.68 bits per heavy atom. The Morgan fingerprint density at radius 1 is 1.23 bits per heavy atom. The highest BCUT2D eigenvalue weighted by Crippen LogP contribution is 2.22. The molecule has 1 aromatic carbocycles. The Bertz CT molecular complexity index is 704. The zero-order valence-corrected chi connectivity index (χ0v) is 13.9. The van der Waals surface area contributed by atoms with Gasteiger partial charge >= 0.3 is 0 Å². The first-order chi connectivity index (χ1) is 10.6. The van der Waals surface area contributed by atoms with Crippen molar-refractivity contribution in [3.05, 3.63) is 51.3 Å². The van der Waals surface area contributed by atoms with Gasteiger partial charge in [-0.25, -0.2) is 4.68 Å². The SMILES string of the molecule is CCCCn1nc(-c2cc(C)ccc2C)cc(CNC)c1=O. The second kappa shape index (κ2) is 7.36. The molecule has 0 saturated carbocycles. The van der Waals surface area contributed by atoms with Gasteiger partial charge in [-0.2, -0.15) is 5.10 Å². The van der Waals surface area contributed by atoms with Crippen molar-refractivity contribution in [3.63, 3.8) is 0 Å². The first kappa shape index (κ1) is 16.4. The van der Waals surface area contributed by atoms with Crippen LogP contribution in [0.15, 0.2) is 29.1 Å². The van der Waals surface area contributed by atoms with Crippen LogP contribution in [0.4, 0.5) is 0 Å². The molecule has 0 atom stereocenters. The molecule has 0 bridgehead atoms. The second-order valence-corrected chi connectivity index (χ2v) is 5.79. The maximum atomic E-state index is 12.5. The molecule has 0 aliphatic rings. The van der Waals surface area contributed by atoms with E-state index in [-0.39, 0.29) is 5.56 Å². The van der Waals surface area contributed by atoms with Gasteiger partial charge in [-0.05, 0) is 45.0 Å². The van der Waals surface area contributed by atoms with Crippen LogP contribution in [0, 0.1) is 13.8 Å². The summed E-state index contributed by atoms with van der Waals surface area (Å²) in [7, 11) is 1.86. The molecule has 118 valence electrons. The first-order valence-corrected chi connectivity index (χ1v) is 7.90. The van der Waals surface area contributed by atoms with Crippen molar-refractivity contribution in [1.29, 1.82) is 0 Å². The fourth-order valence-electron chi connectivity index (χ4n) is 2.52. The Kier molecular flexibility index (Phi) is 5.50. The van der Waals surface area contributed by atoms with E-state index in [1.165, 1.54) is 11.1 Å². The zero-order chi connectivity index (χ0) is 16.1. The fourth-order valence-corrected chi connectivity index (χ4v) is 2.52. The van der Waals surface area contributed by atoms with Crippen LogP contribution in [-0.4, -0.2) is 16.8 Å². The minimum Gasteiger partial charge on any atom is -0.315 e. The van der Waals surface area contributed by atoms with Crippen LogP contribution in [0.2, 0.25) is 0 Å². The number of hydrogen-bond acceptors (Lipinski definition) is 3. The minimum atomic E-state index is 0.0110. The number of benzene rings is 1. The van der Waals surface area contributed by atoms with Crippen LogP contribution in [0.5, 0.6) is 0 Å². The van der Waals surface area contributed by atoms with Gasteiger partial charge < -0.3 is 5.32 Å². The van der Waals surface area contributed by atoms with Crippen LogP contribution in [0.3, 0.4) is 0 Å². The lowest BCUT2D eigenvalue weighted by Crippen LogP contribution is -2.29. The third-order valence-electron chi connectivity index (χ3n) is 3.81. The van der Waals surface area contributed by atoms with E-state index in [0.29, 0.717) is 13.1 Å². The molecule has 0 aliphatic carbocycles. The Labute approximate surface area is 132 Å². The molecule has 0 saturated heterocycles. The lowest BCUT2D eigenvalue weighted by atomic mass is 10.0. The van der Waals surface area contributed by atoms with Gasteiger partial charge in [0.2, 0.25) is 0 Å². The third kappa shape index (κ3) is 3.63. The lowest BCUT2D eigenvalue weighted by Gasteiger charge is -2.12. The van der Waals surface area contributed by atoms with Crippen molar-refractivity contribution in [1.82, 2.24) is 15.1 Å². The average molecular weight is 299 g/mol. The molecule has 2 rings (SSSR count). The highest BCUT2D eigenvalue weighted by molar-refractivity contribution is 5.64. The van der Waals surface area contributed by atoms with Crippen molar-refractivity contribution < 1.29 is 0 Å². The molecule has 1 N–H and O–H groups in total. The van der Waals surface area contributed by atoms with Gasteiger partial charge in [0, 0.05) is 24.2 Å².